The van der Waals surface area contributed by atoms with Gasteiger partial charge in [0.25, 0.3) is 5.91 Å². The standard InChI is InChI=1S/C16H18F3NO5/c1-3-25-12-5-4-9(6-13(12)24-2)14(21)20-7-10(15(22)23)11(8-20)16(17,18)19/h4-6,10-11H,3,7-8H2,1-2H3,(H,22,23)/t10-,11-/m1/s1. The molecular formula is C16H18F3NO5. The van der Waals surface area contributed by atoms with Gasteiger partial charge in [-0.1, -0.05) is 0 Å². The van der Waals surface area contributed by atoms with E-state index < -0.39 is 43.0 Å². The van der Waals surface area contributed by atoms with Crippen LogP contribution in [0.15, 0.2) is 18.2 Å². The summed E-state index contributed by atoms with van der Waals surface area (Å²) in [6.07, 6.45) is -4.69. The molecule has 1 aliphatic heterocycles. The zero-order chi connectivity index (χ0) is 18.8. The van der Waals surface area contributed by atoms with Crippen LogP contribution in [0, 0.1) is 11.8 Å². The van der Waals surface area contributed by atoms with E-state index in [1.807, 2.05) is 0 Å². The topological polar surface area (TPSA) is 76.1 Å². The lowest BCUT2D eigenvalue weighted by molar-refractivity contribution is -0.187. The lowest BCUT2D eigenvalue weighted by Crippen LogP contribution is -2.34. The molecule has 0 spiro atoms. The van der Waals surface area contributed by atoms with Gasteiger partial charge in [-0.25, -0.2) is 0 Å². The van der Waals surface area contributed by atoms with Gasteiger partial charge in [0.2, 0.25) is 0 Å². The average Bonchev–Trinajstić information content (AvgIpc) is 3.00. The molecule has 0 saturated carbocycles. The molecule has 138 valence electrons. The van der Waals surface area contributed by atoms with Gasteiger partial charge in [-0.05, 0) is 25.1 Å². The van der Waals surface area contributed by atoms with E-state index in [0.29, 0.717) is 12.4 Å². The Morgan fingerprint density at radius 3 is 2.44 bits per heavy atom. The average molecular weight is 361 g/mol. The number of carbonyl (C=O) groups is 2. The summed E-state index contributed by atoms with van der Waals surface area (Å²) in [6.45, 7) is 0.970. The Kier molecular flexibility index (Phi) is 5.44. The van der Waals surface area contributed by atoms with Crippen LogP contribution in [0.1, 0.15) is 17.3 Å². The molecule has 0 bridgehead atoms. The highest BCUT2D eigenvalue weighted by molar-refractivity contribution is 5.95. The summed E-state index contributed by atoms with van der Waals surface area (Å²) in [5.74, 6) is -5.33. The quantitative estimate of drug-likeness (QED) is 0.872. The van der Waals surface area contributed by atoms with Gasteiger partial charge in [-0.3, -0.25) is 9.59 Å². The number of carbonyl (C=O) groups excluding carboxylic acids is 1. The van der Waals surface area contributed by atoms with Gasteiger partial charge in [0.15, 0.2) is 11.5 Å². The van der Waals surface area contributed by atoms with E-state index in [4.69, 9.17) is 14.6 Å². The number of benzene rings is 1. The number of nitrogens with zero attached hydrogens (tertiary/aromatic N) is 1. The Hall–Kier alpha value is -2.45. The minimum atomic E-state index is -4.69. The van der Waals surface area contributed by atoms with E-state index in [2.05, 4.69) is 0 Å². The number of methoxy groups -OCH3 is 1. The van der Waals surface area contributed by atoms with Crippen molar-refractivity contribution in [3.63, 3.8) is 0 Å². The molecule has 0 unspecified atom stereocenters. The molecule has 2 atom stereocenters. The van der Waals surface area contributed by atoms with Crippen LogP contribution in [0.3, 0.4) is 0 Å². The second-order valence-corrected chi connectivity index (χ2v) is 5.60. The fourth-order valence-corrected chi connectivity index (χ4v) is 2.81. The lowest BCUT2D eigenvalue weighted by atomic mass is 9.96. The zero-order valence-corrected chi connectivity index (χ0v) is 13.7. The molecule has 1 heterocycles. The van der Waals surface area contributed by atoms with Gasteiger partial charge >= 0.3 is 12.1 Å². The van der Waals surface area contributed by atoms with E-state index in [9.17, 15) is 22.8 Å². The zero-order valence-electron chi connectivity index (χ0n) is 13.7. The second-order valence-electron chi connectivity index (χ2n) is 5.60. The van der Waals surface area contributed by atoms with Crippen LogP contribution in [0.2, 0.25) is 0 Å². The van der Waals surface area contributed by atoms with Crippen LogP contribution in [0.25, 0.3) is 0 Å². The second kappa shape index (κ2) is 7.20. The van der Waals surface area contributed by atoms with E-state index >= 15 is 0 Å². The first-order valence-corrected chi connectivity index (χ1v) is 7.58. The summed E-state index contributed by atoms with van der Waals surface area (Å²) >= 11 is 0. The number of likely N-dealkylation sites (tertiary alicyclic amines) is 1. The smallest absolute Gasteiger partial charge is 0.394 e. The SMILES string of the molecule is CCOc1ccc(C(=O)N2C[C@@H](C(F)(F)F)[C@H](C(=O)O)C2)cc1OC. The van der Waals surface area contributed by atoms with Crippen molar-refractivity contribution < 1.29 is 37.3 Å². The minimum Gasteiger partial charge on any atom is -0.493 e. The highest BCUT2D eigenvalue weighted by Crippen LogP contribution is 2.38. The fraction of sp³-hybridized carbons (Fsp3) is 0.500. The molecule has 1 saturated heterocycles. The number of carboxylic acid groups (broad SMARTS) is 1. The third-order valence-corrected chi connectivity index (χ3v) is 4.06. The van der Waals surface area contributed by atoms with E-state index in [-0.39, 0.29) is 11.3 Å². The highest BCUT2D eigenvalue weighted by Gasteiger charge is 2.53. The number of carboxylic acids is 1. The summed E-state index contributed by atoms with van der Waals surface area (Å²) in [7, 11) is 1.38. The third kappa shape index (κ3) is 3.97. The Morgan fingerprint density at radius 1 is 1.28 bits per heavy atom. The van der Waals surface area contributed by atoms with Gasteiger partial charge in [0, 0.05) is 18.7 Å². The number of rotatable bonds is 5. The van der Waals surface area contributed by atoms with Gasteiger partial charge in [0.1, 0.15) is 0 Å². The van der Waals surface area contributed by atoms with Crippen molar-refractivity contribution in [2.24, 2.45) is 11.8 Å². The summed E-state index contributed by atoms with van der Waals surface area (Å²) < 4.78 is 49.5. The van der Waals surface area contributed by atoms with Crippen molar-refractivity contribution >= 4 is 11.9 Å². The molecule has 1 aromatic rings. The monoisotopic (exact) mass is 361 g/mol. The first-order valence-electron chi connectivity index (χ1n) is 7.58. The Morgan fingerprint density at radius 2 is 1.96 bits per heavy atom. The molecule has 9 heteroatoms. The summed E-state index contributed by atoms with van der Waals surface area (Å²) in [5.41, 5.74) is 0.104. The van der Waals surface area contributed by atoms with Crippen molar-refractivity contribution in [3.8, 4) is 11.5 Å². The summed E-state index contributed by atoms with van der Waals surface area (Å²) in [4.78, 5) is 24.5. The molecule has 0 aliphatic carbocycles. The van der Waals surface area contributed by atoms with Gasteiger partial charge in [-0.2, -0.15) is 13.2 Å². The molecule has 25 heavy (non-hydrogen) atoms. The molecule has 6 nitrogen and oxygen atoms in total. The van der Waals surface area contributed by atoms with Crippen molar-refractivity contribution in [1.82, 2.24) is 4.90 Å². The molecule has 2 rings (SSSR count). The maximum Gasteiger partial charge on any atom is 0.394 e. The van der Waals surface area contributed by atoms with E-state index in [1.165, 1.54) is 25.3 Å². The fourth-order valence-electron chi connectivity index (χ4n) is 2.81. The summed E-state index contributed by atoms with van der Waals surface area (Å²) in [6, 6.07) is 4.26. The van der Waals surface area contributed by atoms with Crippen LogP contribution in [-0.2, 0) is 4.79 Å². The Labute approximate surface area is 142 Å². The van der Waals surface area contributed by atoms with E-state index in [1.54, 1.807) is 6.92 Å². The maximum absolute atomic E-state index is 13.0. The largest absolute Gasteiger partial charge is 0.493 e. The first-order chi connectivity index (χ1) is 11.7. The maximum atomic E-state index is 13.0. The number of hydrogen-bond donors (Lipinski definition) is 1. The molecular weight excluding hydrogens is 343 g/mol. The molecule has 1 amide bonds. The van der Waals surface area contributed by atoms with E-state index in [0.717, 1.165) is 4.90 Å². The van der Waals surface area contributed by atoms with Gasteiger partial charge in [-0.15, -0.1) is 0 Å². The molecule has 0 radical (unpaired) electrons. The predicted molar refractivity (Wildman–Crippen MR) is 80.7 cm³/mol. The predicted octanol–water partition coefficient (Wildman–Crippen LogP) is 2.43. The number of hydrogen-bond acceptors (Lipinski definition) is 4. The molecule has 1 N–H and O–H groups in total. The van der Waals surface area contributed by atoms with Gasteiger partial charge in [0.05, 0.1) is 25.6 Å². The molecule has 1 aromatic carbocycles. The van der Waals surface area contributed by atoms with Crippen LogP contribution < -0.4 is 9.47 Å². The number of halogens is 3. The normalized spacial score (nSPS) is 20.4. The van der Waals surface area contributed by atoms with Crippen LogP contribution >= 0.6 is 0 Å². The first kappa shape index (κ1) is 18.9. The van der Waals surface area contributed by atoms with Crippen LogP contribution in [-0.4, -0.2) is 54.9 Å². The third-order valence-electron chi connectivity index (χ3n) is 4.06. The van der Waals surface area contributed by atoms with Crippen molar-refractivity contribution in [3.05, 3.63) is 23.8 Å². The molecule has 1 fully saturated rings. The summed E-state index contributed by atoms with van der Waals surface area (Å²) in [5, 5.41) is 9.02. The van der Waals surface area contributed by atoms with Crippen molar-refractivity contribution in [2.75, 3.05) is 26.8 Å². The Balaban J connectivity index is 2.25. The number of alkyl halides is 3. The highest BCUT2D eigenvalue weighted by atomic mass is 19.4. The molecule has 0 aromatic heterocycles. The molecule has 1 aliphatic rings. The van der Waals surface area contributed by atoms with Crippen molar-refractivity contribution in [1.29, 1.82) is 0 Å². The van der Waals surface area contributed by atoms with Gasteiger partial charge < -0.3 is 19.5 Å². The van der Waals surface area contributed by atoms with Crippen molar-refractivity contribution in [2.45, 2.75) is 13.1 Å². The Bertz CT molecular complexity index is 662. The number of aliphatic carboxylic acids is 1. The number of ether oxygens (including phenoxy) is 2. The lowest BCUT2D eigenvalue weighted by Gasteiger charge is -2.19. The van der Waals surface area contributed by atoms with Crippen LogP contribution in [0.5, 0.6) is 11.5 Å². The van der Waals surface area contributed by atoms with Crippen LogP contribution in [0.4, 0.5) is 13.2 Å². The minimum absolute atomic E-state index is 0.104. The number of amides is 1.